The van der Waals surface area contributed by atoms with Gasteiger partial charge in [-0.05, 0) is 37.9 Å². The molecule has 0 spiro atoms. The summed E-state index contributed by atoms with van der Waals surface area (Å²) in [6.07, 6.45) is 3.87. The third kappa shape index (κ3) is 2.37. The Kier molecular flexibility index (Phi) is 3.54. The minimum atomic E-state index is 0.260. The maximum Gasteiger partial charge on any atom is 0.224 e. The highest BCUT2D eigenvalue weighted by Crippen LogP contribution is 2.28. The zero-order chi connectivity index (χ0) is 14.9. The number of carbonyl (C=O) groups is 1. The average Bonchev–Trinajstić information content (AvgIpc) is 3.05. The number of fused-ring (bicyclic) bond motifs is 3. The molecule has 6 heteroatoms. The first-order valence-corrected chi connectivity index (χ1v) is 8.13. The van der Waals surface area contributed by atoms with Crippen LogP contribution in [0.4, 0.5) is 0 Å². The third-order valence-electron chi connectivity index (χ3n) is 4.90. The van der Waals surface area contributed by atoms with Gasteiger partial charge in [0.2, 0.25) is 5.91 Å². The van der Waals surface area contributed by atoms with Crippen molar-refractivity contribution >= 4 is 16.9 Å². The van der Waals surface area contributed by atoms with Crippen LogP contribution in [0.15, 0.2) is 24.3 Å². The molecule has 2 atom stereocenters. The van der Waals surface area contributed by atoms with Crippen LogP contribution in [-0.2, 0) is 11.3 Å². The first-order chi connectivity index (χ1) is 10.8. The summed E-state index contributed by atoms with van der Waals surface area (Å²) in [6.45, 7) is 2.57. The Bertz CT molecular complexity index is 668. The molecule has 0 saturated carbocycles. The van der Waals surface area contributed by atoms with Gasteiger partial charge in [0, 0.05) is 25.0 Å². The normalized spacial score (nSPS) is 24.6. The third-order valence-corrected chi connectivity index (χ3v) is 4.90. The second-order valence-electron chi connectivity index (χ2n) is 6.23. The number of aryl methyl sites for hydroxylation is 1. The molecular formula is C16H21N5O. The summed E-state index contributed by atoms with van der Waals surface area (Å²) in [6, 6.07) is 8.69. The minimum absolute atomic E-state index is 0.260. The molecule has 4 rings (SSSR count). The van der Waals surface area contributed by atoms with Gasteiger partial charge in [-0.3, -0.25) is 4.79 Å². The monoisotopic (exact) mass is 299 g/mol. The van der Waals surface area contributed by atoms with Crippen LogP contribution >= 0.6 is 0 Å². The molecular weight excluding hydrogens is 278 g/mol. The summed E-state index contributed by atoms with van der Waals surface area (Å²) < 4.78 is 1.84. The Morgan fingerprint density at radius 3 is 3.05 bits per heavy atom. The number of carbonyl (C=O) groups excluding carboxylic acids is 1. The minimum Gasteiger partial charge on any atom is -0.335 e. The summed E-state index contributed by atoms with van der Waals surface area (Å²) in [5.74, 6) is 0.260. The van der Waals surface area contributed by atoms with Gasteiger partial charge in [-0.25, -0.2) is 4.68 Å². The van der Waals surface area contributed by atoms with Gasteiger partial charge in [0.15, 0.2) is 0 Å². The summed E-state index contributed by atoms with van der Waals surface area (Å²) in [4.78, 5) is 14.8. The largest absolute Gasteiger partial charge is 0.335 e. The highest BCUT2D eigenvalue weighted by molar-refractivity contribution is 5.78. The molecule has 1 amide bonds. The molecule has 3 heterocycles. The molecule has 0 unspecified atom stereocenters. The van der Waals surface area contributed by atoms with Crippen LogP contribution in [0.3, 0.4) is 0 Å². The van der Waals surface area contributed by atoms with E-state index in [1.54, 1.807) is 0 Å². The van der Waals surface area contributed by atoms with E-state index in [0.717, 1.165) is 43.4 Å². The lowest BCUT2D eigenvalue weighted by Gasteiger charge is -2.28. The van der Waals surface area contributed by atoms with E-state index in [4.69, 9.17) is 0 Å². The van der Waals surface area contributed by atoms with E-state index in [1.165, 1.54) is 0 Å². The Balaban J connectivity index is 1.46. The van der Waals surface area contributed by atoms with Gasteiger partial charge in [-0.15, -0.1) is 5.10 Å². The molecule has 22 heavy (non-hydrogen) atoms. The van der Waals surface area contributed by atoms with Crippen molar-refractivity contribution in [3.63, 3.8) is 0 Å². The van der Waals surface area contributed by atoms with E-state index in [2.05, 4.69) is 20.5 Å². The van der Waals surface area contributed by atoms with Crippen LogP contribution in [0.5, 0.6) is 0 Å². The van der Waals surface area contributed by atoms with Gasteiger partial charge in [-0.2, -0.15) is 0 Å². The smallest absolute Gasteiger partial charge is 0.224 e. The number of rotatable bonds is 3. The van der Waals surface area contributed by atoms with Crippen LogP contribution in [0.2, 0.25) is 0 Å². The number of benzene rings is 1. The molecule has 6 nitrogen and oxygen atoms in total. The first kappa shape index (κ1) is 13.7. The maximum atomic E-state index is 12.7. The SMILES string of the molecule is O=C(CCn1nnc2ccccc21)N1[C@H]2CCNC[C@@H]1CC2. The summed E-state index contributed by atoms with van der Waals surface area (Å²) >= 11 is 0. The Morgan fingerprint density at radius 1 is 1.23 bits per heavy atom. The molecule has 2 saturated heterocycles. The molecule has 2 aromatic rings. The van der Waals surface area contributed by atoms with Crippen LogP contribution in [0, 0.1) is 0 Å². The van der Waals surface area contributed by atoms with Gasteiger partial charge in [0.25, 0.3) is 0 Å². The van der Waals surface area contributed by atoms with Crippen molar-refractivity contribution in [3.8, 4) is 0 Å². The van der Waals surface area contributed by atoms with E-state index in [9.17, 15) is 4.79 Å². The molecule has 116 valence electrons. The van der Waals surface area contributed by atoms with Gasteiger partial charge >= 0.3 is 0 Å². The Morgan fingerprint density at radius 2 is 2.09 bits per heavy atom. The standard InChI is InChI=1S/C16H21N5O/c22-16(21-12-5-6-13(21)11-17-9-7-12)8-10-20-15-4-2-1-3-14(15)18-19-20/h1-4,12-13,17H,5-11H2/t12-,13+/m1/s1. The van der Waals surface area contributed by atoms with Crippen LogP contribution < -0.4 is 5.32 Å². The molecule has 1 aromatic heterocycles. The first-order valence-electron chi connectivity index (χ1n) is 8.13. The molecule has 0 radical (unpaired) electrons. The fourth-order valence-corrected chi connectivity index (χ4v) is 3.80. The summed E-state index contributed by atoms with van der Waals surface area (Å²) in [7, 11) is 0. The predicted molar refractivity (Wildman–Crippen MR) is 83.3 cm³/mol. The van der Waals surface area contributed by atoms with E-state index in [1.807, 2.05) is 28.9 Å². The molecule has 2 aliphatic heterocycles. The zero-order valence-corrected chi connectivity index (χ0v) is 12.6. The highest BCUT2D eigenvalue weighted by Gasteiger charge is 2.37. The van der Waals surface area contributed by atoms with E-state index in [-0.39, 0.29) is 5.91 Å². The van der Waals surface area contributed by atoms with Crippen molar-refractivity contribution in [2.45, 2.75) is 44.3 Å². The molecule has 1 N–H and O–H groups in total. The van der Waals surface area contributed by atoms with Gasteiger partial charge < -0.3 is 10.2 Å². The molecule has 0 aliphatic carbocycles. The van der Waals surface area contributed by atoms with Gasteiger partial charge in [0.1, 0.15) is 5.52 Å². The highest BCUT2D eigenvalue weighted by atomic mass is 16.2. The molecule has 2 aliphatic rings. The second-order valence-corrected chi connectivity index (χ2v) is 6.23. The zero-order valence-electron chi connectivity index (χ0n) is 12.6. The topological polar surface area (TPSA) is 63.1 Å². The van der Waals surface area contributed by atoms with E-state index < -0.39 is 0 Å². The number of hydrogen-bond acceptors (Lipinski definition) is 4. The second kappa shape index (κ2) is 5.68. The number of aromatic nitrogens is 3. The van der Waals surface area contributed by atoms with Crippen molar-refractivity contribution in [2.75, 3.05) is 13.1 Å². The van der Waals surface area contributed by atoms with Gasteiger partial charge in [-0.1, -0.05) is 17.3 Å². The summed E-state index contributed by atoms with van der Waals surface area (Å²) in [5, 5.41) is 11.7. The van der Waals surface area contributed by atoms with E-state index >= 15 is 0 Å². The van der Waals surface area contributed by atoms with Crippen molar-refractivity contribution in [1.29, 1.82) is 0 Å². The van der Waals surface area contributed by atoms with Crippen molar-refractivity contribution in [3.05, 3.63) is 24.3 Å². The molecule has 1 aromatic carbocycles. The van der Waals surface area contributed by atoms with Crippen LogP contribution in [0.1, 0.15) is 25.7 Å². The average molecular weight is 299 g/mol. The Labute approximate surface area is 129 Å². The quantitative estimate of drug-likeness (QED) is 0.924. The lowest BCUT2D eigenvalue weighted by atomic mass is 10.1. The van der Waals surface area contributed by atoms with Crippen molar-refractivity contribution < 1.29 is 4.79 Å². The van der Waals surface area contributed by atoms with Crippen molar-refractivity contribution in [2.24, 2.45) is 0 Å². The maximum absolute atomic E-state index is 12.7. The Hall–Kier alpha value is -1.95. The number of para-hydroxylation sites is 1. The fourth-order valence-electron chi connectivity index (χ4n) is 3.80. The van der Waals surface area contributed by atoms with Crippen LogP contribution in [-0.4, -0.2) is 51.0 Å². The molecule has 2 fully saturated rings. The lowest BCUT2D eigenvalue weighted by Crippen LogP contribution is -2.42. The van der Waals surface area contributed by atoms with E-state index in [0.29, 0.717) is 25.0 Å². The number of amides is 1. The summed E-state index contributed by atoms with van der Waals surface area (Å²) in [5.41, 5.74) is 1.88. The van der Waals surface area contributed by atoms with Crippen molar-refractivity contribution in [1.82, 2.24) is 25.2 Å². The number of hydrogen-bond donors (Lipinski definition) is 1. The van der Waals surface area contributed by atoms with Crippen LogP contribution in [0.25, 0.3) is 11.0 Å². The number of nitrogens with one attached hydrogen (secondary N) is 1. The lowest BCUT2D eigenvalue weighted by molar-refractivity contribution is -0.134. The fraction of sp³-hybridized carbons (Fsp3) is 0.562. The number of nitrogens with zero attached hydrogens (tertiary/aromatic N) is 4. The van der Waals surface area contributed by atoms with Gasteiger partial charge in [0.05, 0.1) is 12.1 Å². The molecule has 2 bridgehead atoms. The predicted octanol–water partition coefficient (Wildman–Crippen LogP) is 1.17.